The lowest BCUT2D eigenvalue weighted by atomic mass is 9.38. The number of benzene rings is 2. The summed E-state index contributed by atoms with van der Waals surface area (Å²) in [6.07, 6.45) is 2.37. The van der Waals surface area contributed by atoms with E-state index in [4.69, 9.17) is 16.3 Å². The number of carbonyl (C=O) groups excluding carboxylic acids is 2. The average Bonchev–Trinajstić information content (AvgIpc) is 2.61. The normalized spacial score (nSPS) is 24.3. The van der Waals surface area contributed by atoms with E-state index in [1.165, 1.54) is 18.2 Å². The molecule has 2 aromatic rings. The van der Waals surface area contributed by atoms with Gasteiger partial charge in [0, 0.05) is 18.0 Å². The molecule has 152 valence electrons. The second kappa shape index (κ2) is 7.10. The lowest BCUT2D eigenvalue weighted by Crippen LogP contribution is -2.75. The van der Waals surface area contributed by atoms with E-state index in [0.29, 0.717) is 19.3 Å². The molecule has 0 radical (unpaired) electrons. The molecule has 0 saturated heterocycles. The number of aryl methyl sites for hydroxylation is 1. The Kier molecular flexibility index (Phi) is 4.85. The summed E-state index contributed by atoms with van der Waals surface area (Å²) in [4.78, 5) is 24.7. The quantitative estimate of drug-likeness (QED) is 0.666. The number of rotatable bonds is 7. The Morgan fingerprint density at radius 1 is 1.10 bits per heavy atom. The van der Waals surface area contributed by atoms with Crippen molar-refractivity contribution in [3.05, 3.63) is 64.2 Å². The highest BCUT2D eigenvalue weighted by Crippen LogP contribution is 2.69. The Bertz CT molecular complexity index is 988. The first-order chi connectivity index (χ1) is 13.7. The molecular formula is C22H20ClF2NO3. The smallest absolute Gasteiger partial charge is 0.258 e. The van der Waals surface area contributed by atoms with Crippen LogP contribution in [0.1, 0.15) is 41.6 Å². The summed E-state index contributed by atoms with van der Waals surface area (Å²) in [7, 11) is 0. The van der Waals surface area contributed by atoms with Crippen LogP contribution < -0.4 is 10.1 Å². The zero-order valence-corrected chi connectivity index (χ0v) is 16.6. The van der Waals surface area contributed by atoms with Gasteiger partial charge < -0.3 is 10.1 Å². The number of hydrogen-bond donors (Lipinski definition) is 1. The summed E-state index contributed by atoms with van der Waals surface area (Å²) in [6, 6.07) is 8.52. The van der Waals surface area contributed by atoms with E-state index in [-0.39, 0.29) is 52.0 Å². The second-order valence-electron chi connectivity index (χ2n) is 8.31. The van der Waals surface area contributed by atoms with Gasteiger partial charge in [-0.25, -0.2) is 8.78 Å². The molecule has 1 amide bonds. The maximum absolute atomic E-state index is 13.9. The molecule has 3 aliphatic carbocycles. The van der Waals surface area contributed by atoms with Crippen molar-refractivity contribution in [2.24, 2.45) is 5.41 Å². The number of Topliss-reactive ketones (excluding diaryl/α,β-unsaturated/α-hetero) is 1. The van der Waals surface area contributed by atoms with E-state index in [9.17, 15) is 18.4 Å². The van der Waals surface area contributed by atoms with Crippen molar-refractivity contribution < 1.29 is 23.1 Å². The van der Waals surface area contributed by atoms with Gasteiger partial charge in [0.25, 0.3) is 5.91 Å². The van der Waals surface area contributed by atoms with E-state index in [1.807, 2.05) is 6.92 Å². The molecule has 1 N–H and O–H groups in total. The first kappa shape index (κ1) is 19.8. The number of ketones is 1. The van der Waals surface area contributed by atoms with Crippen LogP contribution in [0.2, 0.25) is 5.02 Å². The van der Waals surface area contributed by atoms with Gasteiger partial charge in [0.2, 0.25) is 0 Å². The number of ether oxygens (including phenoxy) is 1. The summed E-state index contributed by atoms with van der Waals surface area (Å²) in [5, 5.41) is 2.93. The van der Waals surface area contributed by atoms with Crippen LogP contribution in [-0.4, -0.2) is 23.8 Å². The predicted octanol–water partition coefficient (Wildman–Crippen LogP) is 4.62. The average molecular weight is 420 g/mol. The van der Waals surface area contributed by atoms with Gasteiger partial charge in [0.1, 0.15) is 17.4 Å². The number of nitrogens with one attached hydrogen (secondary N) is 1. The molecule has 4 nitrogen and oxygen atoms in total. The van der Waals surface area contributed by atoms with E-state index in [1.54, 1.807) is 12.1 Å². The molecule has 2 bridgehead atoms. The molecular weight excluding hydrogens is 400 g/mol. The molecule has 7 heteroatoms. The highest BCUT2D eigenvalue weighted by Gasteiger charge is 2.68. The molecule has 0 spiro atoms. The lowest BCUT2D eigenvalue weighted by Gasteiger charge is -2.70. The van der Waals surface area contributed by atoms with Crippen LogP contribution in [0, 0.1) is 24.0 Å². The molecule has 0 unspecified atom stereocenters. The first-order valence-electron chi connectivity index (χ1n) is 9.38. The van der Waals surface area contributed by atoms with Gasteiger partial charge in [-0.05, 0) is 55.9 Å². The zero-order valence-electron chi connectivity index (χ0n) is 15.9. The van der Waals surface area contributed by atoms with E-state index in [0.717, 1.165) is 11.6 Å². The summed E-state index contributed by atoms with van der Waals surface area (Å²) < 4.78 is 32.6. The Morgan fingerprint density at radius 2 is 1.83 bits per heavy atom. The molecule has 0 atom stereocenters. The van der Waals surface area contributed by atoms with Crippen molar-refractivity contribution in [1.29, 1.82) is 0 Å². The molecule has 3 fully saturated rings. The largest absolute Gasteiger partial charge is 0.484 e. The minimum absolute atomic E-state index is 0.0129. The summed E-state index contributed by atoms with van der Waals surface area (Å²) in [5.41, 5.74) is 0.519. The van der Waals surface area contributed by atoms with Crippen molar-refractivity contribution in [1.82, 2.24) is 5.32 Å². The van der Waals surface area contributed by atoms with Crippen LogP contribution in [0.4, 0.5) is 8.78 Å². The highest BCUT2D eigenvalue weighted by molar-refractivity contribution is 6.30. The first-order valence-corrected chi connectivity index (χ1v) is 9.75. The minimum Gasteiger partial charge on any atom is -0.484 e. The topological polar surface area (TPSA) is 55.4 Å². The minimum atomic E-state index is -0.611. The summed E-state index contributed by atoms with van der Waals surface area (Å²) in [5.74, 6) is -1.38. The molecule has 3 aliphatic rings. The summed E-state index contributed by atoms with van der Waals surface area (Å²) in [6.45, 7) is 1.59. The van der Waals surface area contributed by atoms with E-state index < -0.39 is 11.6 Å². The third-order valence-electron chi connectivity index (χ3n) is 5.76. The third kappa shape index (κ3) is 3.86. The van der Waals surface area contributed by atoms with Crippen molar-refractivity contribution >= 4 is 23.3 Å². The van der Waals surface area contributed by atoms with Crippen LogP contribution in [0.5, 0.6) is 5.75 Å². The van der Waals surface area contributed by atoms with Crippen molar-refractivity contribution in [2.75, 3.05) is 6.61 Å². The molecule has 2 aromatic carbocycles. The maximum Gasteiger partial charge on any atom is 0.258 e. The Balaban J connectivity index is 1.26. The van der Waals surface area contributed by atoms with Gasteiger partial charge >= 0.3 is 0 Å². The summed E-state index contributed by atoms with van der Waals surface area (Å²) >= 11 is 5.61. The Hall–Kier alpha value is -2.47. The fourth-order valence-electron chi connectivity index (χ4n) is 4.65. The van der Waals surface area contributed by atoms with Crippen molar-refractivity contribution in [3.8, 4) is 5.75 Å². The van der Waals surface area contributed by atoms with E-state index in [2.05, 4.69) is 5.32 Å². The second-order valence-corrected chi connectivity index (χ2v) is 8.71. The van der Waals surface area contributed by atoms with Gasteiger partial charge in [-0.3, -0.25) is 9.59 Å². The monoisotopic (exact) mass is 419 g/mol. The van der Waals surface area contributed by atoms with Gasteiger partial charge in [0.05, 0.1) is 10.6 Å². The van der Waals surface area contributed by atoms with Crippen LogP contribution >= 0.6 is 11.6 Å². The van der Waals surface area contributed by atoms with Crippen LogP contribution in [0.15, 0.2) is 36.4 Å². The van der Waals surface area contributed by atoms with E-state index >= 15 is 0 Å². The van der Waals surface area contributed by atoms with Gasteiger partial charge in [0.15, 0.2) is 12.4 Å². The van der Waals surface area contributed by atoms with Gasteiger partial charge in [-0.2, -0.15) is 0 Å². The molecule has 3 saturated carbocycles. The highest BCUT2D eigenvalue weighted by atomic mass is 35.5. The van der Waals surface area contributed by atoms with Crippen LogP contribution in [0.25, 0.3) is 0 Å². The van der Waals surface area contributed by atoms with Crippen LogP contribution in [-0.2, 0) is 4.79 Å². The van der Waals surface area contributed by atoms with Gasteiger partial charge in [-0.15, -0.1) is 0 Å². The molecule has 29 heavy (non-hydrogen) atoms. The van der Waals surface area contributed by atoms with Crippen molar-refractivity contribution in [2.45, 2.75) is 38.1 Å². The molecule has 0 aliphatic heterocycles. The maximum atomic E-state index is 13.9. The van der Waals surface area contributed by atoms with Crippen molar-refractivity contribution in [3.63, 3.8) is 0 Å². The fourth-order valence-corrected chi connectivity index (χ4v) is 4.77. The van der Waals surface area contributed by atoms with Crippen LogP contribution in [0.3, 0.4) is 0 Å². The molecule has 0 aromatic heterocycles. The number of halogens is 3. The lowest BCUT2D eigenvalue weighted by molar-refractivity contribution is -0.164. The SMILES string of the molecule is Cc1ccc(F)c(C(=O)CC23CC(NC(=O)COc4ccc(Cl)c(F)c4)(C2)C3)c1. The fraction of sp³-hybridized carbons (Fsp3) is 0.364. The number of carbonyl (C=O) groups is 2. The standard InChI is InChI=1S/C22H20ClF2NO3/c1-13-2-5-17(24)15(6-13)19(27)8-21-10-22(11-21,12-21)26-20(28)9-29-14-3-4-16(23)18(25)7-14/h2-7H,8-12H2,1H3,(H,26,28). The molecule has 5 rings (SSSR count). The third-order valence-corrected chi connectivity index (χ3v) is 6.07. The predicted molar refractivity (Wildman–Crippen MR) is 104 cm³/mol. The van der Waals surface area contributed by atoms with Gasteiger partial charge in [-0.1, -0.05) is 23.2 Å². The Labute approximate surface area is 172 Å². The zero-order chi connectivity index (χ0) is 20.8. The number of amides is 1. The number of hydrogen-bond acceptors (Lipinski definition) is 3. The Morgan fingerprint density at radius 3 is 2.52 bits per heavy atom. The molecule has 0 heterocycles.